The average molecular weight is 398 g/mol. The molecule has 2 unspecified atom stereocenters. The zero-order chi connectivity index (χ0) is 21.1. The van der Waals surface area contributed by atoms with E-state index in [1.807, 2.05) is 19.1 Å². The molecule has 29 heavy (non-hydrogen) atoms. The molecule has 4 nitrogen and oxygen atoms in total. The number of aliphatic hydroxyl groups is 1. The van der Waals surface area contributed by atoms with Crippen molar-refractivity contribution >= 4 is 12.0 Å². The van der Waals surface area contributed by atoms with Crippen molar-refractivity contribution in [2.24, 2.45) is 0 Å². The number of carbonyl (C=O) groups excluding carboxylic acids is 1. The summed E-state index contributed by atoms with van der Waals surface area (Å²) in [7, 11) is 1.62. The molecule has 1 saturated heterocycles. The fourth-order valence-corrected chi connectivity index (χ4v) is 3.79. The smallest absolute Gasteiger partial charge is 0.309 e. The number of esters is 1. The summed E-state index contributed by atoms with van der Waals surface area (Å²) >= 11 is 0. The Hall–Kier alpha value is -2.66. The molecule has 5 heteroatoms. The highest BCUT2D eigenvalue weighted by Crippen LogP contribution is 2.41. The van der Waals surface area contributed by atoms with Gasteiger partial charge in [0.2, 0.25) is 0 Å². The fraction of sp³-hybridized carbons (Fsp3) is 0.375. The van der Waals surface area contributed by atoms with Gasteiger partial charge >= 0.3 is 5.97 Å². The topological polar surface area (TPSA) is 55.8 Å². The van der Waals surface area contributed by atoms with E-state index in [9.17, 15) is 14.3 Å². The lowest BCUT2D eigenvalue weighted by Crippen LogP contribution is -2.31. The van der Waals surface area contributed by atoms with Crippen LogP contribution >= 0.6 is 0 Å². The number of benzene rings is 2. The first-order valence-corrected chi connectivity index (χ1v) is 9.83. The van der Waals surface area contributed by atoms with Gasteiger partial charge in [0.25, 0.3) is 0 Å². The Bertz CT molecular complexity index is 915. The predicted molar refractivity (Wildman–Crippen MR) is 111 cm³/mol. The minimum Gasteiger partial charge on any atom is -0.496 e. The van der Waals surface area contributed by atoms with Gasteiger partial charge in [-0.1, -0.05) is 38.1 Å². The van der Waals surface area contributed by atoms with Gasteiger partial charge in [0.05, 0.1) is 19.6 Å². The van der Waals surface area contributed by atoms with Gasteiger partial charge in [0.1, 0.15) is 17.7 Å². The molecular weight excluding hydrogens is 371 g/mol. The van der Waals surface area contributed by atoms with E-state index in [2.05, 4.69) is 19.9 Å². The van der Waals surface area contributed by atoms with Crippen molar-refractivity contribution in [3.05, 3.63) is 58.9 Å². The quantitative estimate of drug-likeness (QED) is 0.719. The summed E-state index contributed by atoms with van der Waals surface area (Å²) < 4.78 is 24.6. The molecular formula is C24H27FO4. The van der Waals surface area contributed by atoms with Crippen LogP contribution < -0.4 is 4.74 Å². The Labute approximate surface area is 171 Å². The van der Waals surface area contributed by atoms with Crippen LogP contribution in [0.2, 0.25) is 0 Å². The lowest BCUT2D eigenvalue weighted by atomic mass is 9.86. The van der Waals surface area contributed by atoms with Gasteiger partial charge in [-0.15, -0.1) is 0 Å². The molecule has 0 aliphatic carbocycles. The van der Waals surface area contributed by atoms with Gasteiger partial charge in [0.15, 0.2) is 0 Å². The van der Waals surface area contributed by atoms with Gasteiger partial charge in [-0.2, -0.15) is 0 Å². The molecule has 1 aliphatic rings. The molecule has 0 saturated carbocycles. The third kappa shape index (κ3) is 4.67. The monoisotopic (exact) mass is 398 g/mol. The Morgan fingerprint density at radius 1 is 1.28 bits per heavy atom. The number of hydrogen-bond donors (Lipinski definition) is 1. The molecule has 0 aromatic heterocycles. The summed E-state index contributed by atoms with van der Waals surface area (Å²) in [4.78, 5) is 11.7. The number of aliphatic hydroxyl groups excluding tert-OH is 1. The summed E-state index contributed by atoms with van der Waals surface area (Å²) in [5.41, 5.74) is 4.75. The van der Waals surface area contributed by atoms with Crippen LogP contribution in [-0.2, 0) is 9.53 Å². The second-order valence-electron chi connectivity index (χ2n) is 7.75. The molecule has 1 N–H and O–H groups in total. The first kappa shape index (κ1) is 21.1. The maximum Gasteiger partial charge on any atom is 0.309 e. The summed E-state index contributed by atoms with van der Waals surface area (Å²) in [6.45, 7) is 6.21. The number of aryl methyl sites for hydroxylation is 1. The van der Waals surface area contributed by atoms with Crippen molar-refractivity contribution in [3.63, 3.8) is 0 Å². The van der Waals surface area contributed by atoms with Crippen LogP contribution in [0, 0.1) is 12.7 Å². The van der Waals surface area contributed by atoms with Crippen molar-refractivity contribution in [2.75, 3.05) is 7.11 Å². The van der Waals surface area contributed by atoms with Crippen LogP contribution in [0.3, 0.4) is 0 Å². The third-order valence-electron chi connectivity index (χ3n) is 5.16. The van der Waals surface area contributed by atoms with Gasteiger partial charge in [-0.05, 0) is 53.3 Å². The largest absolute Gasteiger partial charge is 0.496 e. The highest BCUT2D eigenvalue weighted by Gasteiger charge is 2.26. The molecule has 0 amide bonds. The van der Waals surface area contributed by atoms with Crippen molar-refractivity contribution < 1.29 is 23.8 Å². The Morgan fingerprint density at radius 3 is 2.55 bits per heavy atom. The Kier molecular flexibility index (Phi) is 6.38. The molecule has 2 aromatic carbocycles. The zero-order valence-electron chi connectivity index (χ0n) is 17.2. The van der Waals surface area contributed by atoms with Crippen LogP contribution in [0.25, 0.3) is 17.2 Å². The number of ether oxygens (including phenoxy) is 2. The third-order valence-corrected chi connectivity index (χ3v) is 5.16. The van der Waals surface area contributed by atoms with Crippen molar-refractivity contribution in [1.29, 1.82) is 0 Å². The molecule has 1 fully saturated rings. The minimum atomic E-state index is -0.695. The van der Waals surface area contributed by atoms with E-state index in [4.69, 9.17) is 9.47 Å². The first-order chi connectivity index (χ1) is 13.8. The van der Waals surface area contributed by atoms with E-state index in [0.717, 1.165) is 33.6 Å². The van der Waals surface area contributed by atoms with Gasteiger partial charge in [-0.25, -0.2) is 4.39 Å². The predicted octanol–water partition coefficient (Wildman–Crippen LogP) is 5.01. The number of methoxy groups -OCH3 is 1. The lowest BCUT2D eigenvalue weighted by Gasteiger charge is -2.24. The highest BCUT2D eigenvalue weighted by molar-refractivity contribution is 5.84. The maximum absolute atomic E-state index is 13.5. The molecule has 3 rings (SSSR count). The highest BCUT2D eigenvalue weighted by atomic mass is 19.1. The molecule has 1 aliphatic heterocycles. The second-order valence-corrected chi connectivity index (χ2v) is 7.75. The van der Waals surface area contributed by atoms with Crippen molar-refractivity contribution in [1.82, 2.24) is 0 Å². The number of hydrogen-bond acceptors (Lipinski definition) is 4. The Morgan fingerprint density at radius 2 is 1.97 bits per heavy atom. The number of carbonyl (C=O) groups is 1. The number of halogens is 1. The van der Waals surface area contributed by atoms with Crippen LogP contribution in [0.4, 0.5) is 4.39 Å². The van der Waals surface area contributed by atoms with E-state index in [1.165, 1.54) is 12.1 Å². The lowest BCUT2D eigenvalue weighted by molar-refractivity contribution is -0.156. The first-order valence-electron chi connectivity index (χ1n) is 9.83. The molecule has 2 atom stereocenters. The van der Waals surface area contributed by atoms with Crippen molar-refractivity contribution in [2.45, 2.75) is 51.7 Å². The summed E-state index contributed by atoms with van der Waals surface area (Å²) in [6.07, 6.45) is 2.95. The molecule has 154 valence electrons. The maximum atomic E-state index is 13.5. The van der Waals surface area contributed by atoms with Gasteiger partial charge in [-0.3, -0.25) is 4.79 Å². The second kappa shape index (κ2) is 8.78. The Balaban J connectivity index is 2.16. The normalized spacial score (nSPS) is 19.6. The molecule has 2 aromatic rings. The minimum absolute atomic E-state index is 0.0285. The standard InChI is InChI=1S/C24H27FO4/c1-14(2)21-11-15(3)24(28-4)23(16-5-7-17(25)8-6-16)20(21)10-9-19-12-18(26)13-22(27)29-19/h5-11,14,18-19,26H,12-13H2,1-4H3. The molecule has 0 spiro atoms. The van der Waals surface area contributed by atoms with Gasteiger partial charge < -0.3 is 14.6 Å². The molecule has 0 bridgehead atoms. The van der Waals surface area contributed by atoms with E-state index < -0.39 is 18.2 Å². The van der Waals surface area contributed by atoms with E-state index >= 15 is 0 Å². The summed E-state index contributed by atoms with van der Waals surface area (Å²) in [6, 6.07) is 8.42. The number of cyclic esters (lactones) is 1. The van der Waals surface area contributed by atoms with E-state index in [1.54, 1.807) is 19.2 Å². The van der Waals surface area contributed by atoms with E-state index in [0.29, 0.717) is 6.42 Å². The summed E-state index contributed by atoms with van der Waals surface area (Å²) in [5.74, 6) is 0.256. The molecule has 1 heterocycles. The van der Waals surface area contributed by atoms with Crippen LogP contribution in [0.1, 0.15) is 49.3 Å². The van der Waals surface area contributed by atoms with Crippen molar-refractivity contribution in [3.8, 4) is 16.9 Å². The van der Waals surface area contributed by atoms with E-state index in [-0.39, 0.29) is 18.2 Å². The fourth-order valence-electron chi connectivity index (χ4n) is 3.79. The van der Waals surface area contributed by atoms with Gasteiger partial charge in [0, 0.05) is 12.0 Å². The summed E-state index contributed by atoms with van der Waals surface area (Å²) in [5, 5.41) is 9.88. The van der Waals surface area contributed by atoms with Crippen LogP contribution in [-0.4, -0.2) is 30.4 Å². The SMILES string of the molecule is COc1c(C)cc(C(C)C)c(C=CC2CC(O)CC(=O)O2)c1-c1ccc(F)cc1. The number of rotatable bonds is 5. The molecule has 0 radical (unpaired) electrons. The zero-order valence-corrected chi connectivity index (χ0v) is 17.2. The van der Waals surface area contributed by atoms with Crippen LogP contribution in [0.15, 0.2) is 36.4 Å². The average Bonchev–Trinajstić information content (AvgIpc) is 2.66. The van der Waals surface area contributed by atoms with Crippen LogP contribution in [0.5, 0.6) is 5.75 Å².